The number of hydrogen-bond acceptors (Lipinski definition) is 7. The lowest BCUT2D eigenvalue weighted by Gasteiger charge is -2.35. The number of hydrogen-bond donors (Lipinski definition) is 0. The Morgan fingerprint density at radius 1 is 1.15 bits per heavy atom. The molecule has 4 heterocycles. The number of fused-ring (bicyclic) bond motifs is 1. The Morgan fingerprint density at radius 3 is 2.79 bits per heavy atom. The van der Waals surface area contributed by atoms with E-state index in [1.54, 1.807) is 18.0 Å². The van der Waals surface area contributed by atoms with Crippen LogP contribution in [0.5, 0.6) is 5.75 Å². The molecule has 2 aliphatic rings. The fraction of sp³-hybridized carbons (Fsp3) is 0.400. The van der Waals surface area contributed by atoms with Gasteiger partial charge in [0.15, 0.2) is 0 Å². The molecule has 0 unspecified atom stereocenters. The van der Waals surface area contributed by atoms with Crippen LogP contribution in [-0.4, -0.2) is 58.6 Å². The van der Waals surface area contributed by atoms with E-state index in [1.165, 1.54) is 11.1 Å². The largest absolute Gasteiger partial charge is 0.493 e. The van der Waals surface area contributed by atoms with Crippen LogP contribution in [0.15, 0.2) is 46.1 Å². The van der Waals surface area contributed by atoms with Gasteiger partial charge in [0.25, 0.3) is 5.91 Å². The molecule has 0 radical (unpaired) electrons. The molecule has 3 aromatic rings. The number of carbonyl (C=O) groups excluding carboxylic acids is 1. The molecular formula is C25H28N4O3S. The molecule has 0 aliphatic carbocycles. The molecule has 0 bridgehead atoms. The molecule has 0 spiro atoms. The number of rotatable bonds is 6. The van der Waals surface area contributed by atoms with Crippen molar-refractivity contribution in [1.29, 1.82) is 0 Å². The van der Waals surface area contributed by atoms with Crippen LogP contribution in [0.1, 0.15) is 38.5 Å². The van der Waals surface area contributed by atoms with Crippen LogP contribution < -0.4 is 4.74 Å². The molecule has 7 nitrogen and oxygen atoms in total. The fourth-order valence-electron chi connectivity index (χ4n) is 4.39. The van der Waals surface area contributed by atoms with E-state index in [0.29, 0.717) is 11.3 Å². The minimum atomic E-state index is 0.0543. The zero-order valence-corrected chi connectivity index (χ0v) is 19.9. The highest BCUT2D eigenvalue weighted by Gasteiger charge is 2.25. The SMILES string of the molecule is Cc1noc(C)c1CSc1ncccc1C(=O)N1CCN(Cc2ccc3c(c2)CCO3)CC1. The molecule has 0 atom stereocenters. The van der Waals surface area contributed by atoms with Crippen molar-refractivity contribution in [3.63, 3.8) is 0 Å². The summed E-state index contributed by atoms with van der Waals surface area (Å²) in [5, 5.41) is 4.77. The Balaban J connectivity index is 1.20. The lowest BCUT2D eigenvalue weighted by molar-refractivity contribution is 0.0624. The first-order chi connectivity index (χ1) is 16.1. The highest BCUT2D eigenvalue weighted by Crippen LogP contribution is 2.29. The van der Waals surface area contributed by atoms with E-state index in [9.17, 15) is 4.79 Å². The lowest BCUT2D eigenvalue weighted by Crippen LogP contribution is -2.48. The van der Waals surface area contributed by atoms with Crippen LogP contribution in [0.4, 0.5) is 0 Å². The Kier molecular flexibility index (Phi) is 6.37. The van der Waals surface area contributed by atoms with Crippen LogP contribution in [0.3, 0.4) is 0 Å². The molecule has 1 aromatic carbocycles. The number of thioether (sulfide) groups is 1. The van der Waals surface area contributed by atoms with Gasteiger partial charge < -0.3 is 14.2 Å². The molecule has 172 valence electrons. The summed E-state index contributed by atoms with van der Waals surface area (Å²) in [7, 11) is 0. The number of amides is 1. The van der Waals surface area contributed by atoms with Gasteiger partial charge in [0.2, 0.25) is 0 Å². The Morgan fingerprint density at radius 2 is 2.00 bits per heavy atom. The smallest absolute Gasteiger partial charge is 0.256 e. The van der Waals surface area contributed by atoms with Crippen LogP contribution >= 0.6 is 11.8 Å². The van der Waals surface area contributed by atoms with Gasteiger partial charge in [-0.25, -0.2) is 4.98 Å². The van der Waals surface area contributed by atoms with Gasteiger partial charge in [0.1, 0.15) is 16.5 Å². The molecule has 33 heavy (non-hydrogen) atoms. The van der Waals surface area contributed by atoms with Crippen molar-refractivity contribution < 1.29 is 14.1 Å². The van der Waals surface area contributed by atoms with E-state index in [-0.39, 0.29) is 5.91 Å². The summed E-state index contributed by atoms with van der Waals surface area (Å²) in [6.07, 6.45) is 2.74. The molecule has 0 N–H and O–H groups in total. The molecule has 2 aliphatic heterocycles. The van der Waals surface area contributed by atoms with Crippen LogP contribution in [0, 0.1) is 13.8 Å². The lowest BCUT2D eigenvalue weighted by atomic mass is 10.1. The second kappa shape index (κ2) is 9.57. The zero-order chi connectivity index (χ0) is 22.8. The van der Waals surface area contributed by atoms with Gasteiger partial charge in [-0.1, -0.05) is 17.3 Å². The molecular weight excluding hydrogens is 436 g/mol. The normalized spacial score (nSPS) is 16.0. The number of carbonyl (C=O) groups is 1. The minimum absolute atomic E-state index is 0.0543. The third-order valence-corrected chi connectivity index (χ3v) is 7.39. The van der Waals surface area contributed by atoms with Gasteiger partial charge >= 0.3 is 0 Å². The summed E-state index contributed by atoms with van der Waals surface area (Å²) in [5.74, 6) is 2.57. The first-order valence-corrected chi connectivity index (χ1v) is 12.3. The van der Waals surface area contributed by atoms with Crippen molar-refractivity contribution >= 4 is 17.7 Å². The second-order valence-electron chi connectivity index (χ2n) is 8.56. The predicted octanol–water partition coefficient (Wildman–Crippen LogP) is 3.87. The molecule has 8 heteroatoms. The number of ether oxygens (including phenoxy) is 1. The monoisotopic (exact) mass is 464 g/mol. The number of piperazine rings is 1. The average Bonchev–Trinajstić information content (AvgIpc) is 3.43. The van der Waals surface area contributed by atoms with Crippen LogP contribution in [-0.2, 0) is 18.7 Å². The third kappa shape index (κ3) is 4.77. The van der Waals surface area contributed by atoms with E-state index < -0.39 is 0 Å². The summed E-state index contributed by atoms with van der Waals surface area (Å²) < 4.78 is 10.9. The summed E-state index contributed by atoms with van der Waals surface area (Å²) in [5.41, 5.74) is 5.23. The first kappa shape index (κ1) is 22.0. The van der Waals surface area contributed by atoms with Crippen molar-refractivity contribution in [2.75, 3.05) is 32.8 Å². The Labute approximate surface area is 198 Å². The van der Waals surface area contributed by atoms with Crippen molar-refractivity contribution in [3.8, 4) is 5.75 Å². The van der Waals surface area contributed by atoms with Gasteiger partial charge in [-0.15, -0.1) is 11.8 Å². The Bertz CT molecular complexity index is 1130. The molecule has 5 rings (SSSR count). The molecule has 2 aromatic heterocycles. The highest BCUT2D eigenvalue weighted by atomic mass is 32.2. The first-order valence-electron chi connectivity index (χ1n) is 11.3. The molecule has 0 saturated carbocycles. The summed E-state index contributed by atoms with van der Waals surface area (Å²) in [4.78, 5) is 22.2. The van der Waals surface area contributed by atoms with Crippen molar-refractivity contribution in [1.82, 2.24) is 19.9 Å². The topological polar surface area (TPSA) is 71.7 Å². The van der Waals surface area contributed by atoms with Crippen LogP contribution in [0.25, 0.3) is 0 Å². The predicted molar refractivity (Wildman–Crippen MR) is 127 cm³/mol. The van der Waals surface area contributed by atoms with Crippen molar-refractivity contribution in [3.05, 3.63) is 70.2 Å². The average molecular weight is 465 g/mol. The summed E-state index contributed by atoms with van der Waals surface area (Å²) >= 11 is 1.56. The fourth-order valence-corrected chi connectivity index (χ4v) is 5.53. The van der Waals surface area contributed by atoms with Crippen molar-refractivity contribution in [2.45, 2.75) is 37.6 Å². The minimum Gasteiger partial charge on any atom is -0.493 e. The van der Waals surface area contributed by atoms with Gasteiger partial charge in [0, 0.05) is 56.7 Å². The number of pyridine rings is 1. The van der Waals surface area contributed by atoms with Crippen molar-refractivity contribution in [2.24, 2.45) is 0 Å². The molecule has 1 saturated heterocycles. The van der Waals surface area contributed by atoms with E-state index in [0.717, 1.165) is 73.5 Å². The van der Waals surface area contributed by atoms with E-state index in [2.05, 4.69) is 33.2 Å². The van der Waals surface area contributed by atoms with Gasteiger partial charge in [-0.3, -0.25) is 9.69 Å². The quantitative estimate of drug-likeness (QED) is 0.513. The molecule has 1 amide bonds. The number of nitrogens with zero attached hydrogens (tertiary/aromatic N) is 4. The number of benzene rings is 1. The van der Waals surface area contributed by atoms with Gasteiger partial charge in [-0.05, 0) is 43.2 Å². The zero-order valence-electron chi connectivity index (χ0n) is 19.0. The number of aryl methyl sites for hydroxylation is 2. The number of aromatic nitrogens is 2. The second-order valence-corrected chi connectivity index (χ2v) is 9.52. The maximum Gasteiger partial charge on any atom is 0.256 e. The van der Waals surface area contributed by atoms with Gasteiger partial charge in [0.05, 0.1) is 17.9 Å². The summed E-state index contributed by atoms with van der Waals surface area (Å²) in [6.45, 7) is 8.70. The molecule has 1 fully saturated rings. The van der Waals surface area contributed by atoms with E-state index in [1.807, 2.05) is 30.9 Å². The maximum absolute atomic E-state index is 13.3. The highest BCUT2D eigenvalue weighted by molar-refractivity contribution is 7.98. The standard InChI is InChI=1S/C25H28N4O3S/c1-17-22(18(2)32-27-17)16-33-24-21(4-3-8-26-24)25(30)29-11-9-28(10-12-29)15-19-5-6-23-20(14-19)7-13-31-23/h3-6,8,14H,7,9-13,15-16H2,1-2H3. The van der Waals surface area contributed by atoms with E-state index >= 15 is 0 Å². The van der Waals surface area contributed by atoms with Gasteiger partial charge in [-0.2, -0.15) is 0 Å². The maximum atomic E-state index is 13.3. The van der Waals surface area contributed by atoms with E-state index in [4.69, 9.17) is 9.26 Å². The third-order valence-electron chi connectivity index (χ3n) is 6.36. The Hall–Kier alpha value is -2.84. The van der Waals surface area contributed by atoms with Crippen LogP contribution in [0.2, 0.25) is 0 Å². The summed E-state index contributed by atoms with van der Waals surface area (Å²) in [6, 6.07) is 10.2.